The zero-order valence-corrected chi connectivity index (χ0v) is 14.9. The minimum Gasteiger partial charge on any atom is -0.299 e. The average Bonchev–Trinajstić information content (AvgIpc) is 2.64. The van der Waals surface area contributed by atoms with E-state index in [1.54, 1.807) is 22.7 Å². The number of fused-ring (bicyclic) bond motifs is 2. The van der Waals surface area contributed by atoms with E-state index in [0.29, 0.717) is 12.2 Å². The van der Waals surface area contributed by atoms with E-state index in [4.69, 9.17) is 4.98 Å². The van der Waals surface area contributed by atoms with Crippen LogP contribution in [0, 0.1) is 5.82 Å². The third kappa shape index (κ3) is 3.15. The molecule has 3 heterocycles. The van der Waals surface area contributed by atoms with Gasteiger partial charge in [-0.25, -0.2) is 9.37 Å². The van der Waals surface area contributed by atoms with Crippen LogP contribution in [0.4, 0.5) is 4.39 Å². The smallest absolute Gasteiger partial charge is 0.262 e. The molecule has 2 aromatic heterocycles. The molecule has 0 fully saturated rings. The van der Waals surface area contributed by atoms with E-state index in [9.17, 15) is 9.18 Å². The van der Waals surface area contributed by atoms with Gasteiger partial charge in [-0.15, -0.1) is 0 Å². The molecule has 0 bridgehead atoms. The van der Waals surface area contributed by atoms with Crippen LogP contribution in [0.3, 0.4) is 0 Å². The lowest BCUT2D eigenvalue weighted by Gasteiger charge is -2.24. The molecule has 134 valence electrons. The minimum atomic E-state index is -0.259. The Morgan fingerprint density at radius 1 is 1.12 bits per heavy atom. The van der Waals surface area contributed by atoms with Gasteiger partial charge in [-0.1, -0.05) is 19.1 Å². The molecule has 0 radical (unpaired) electrons. The van der Waals surface area contributed by atoms with Crippen LogP contribution in [-0.4, -0.2) is 27.4 Å². The highest BCUT2D eigenvalue weighted by Gasteiger charge is 2.18. The van der Waals surface area contributed by atoms with E-state index in [-0.39, 0.29) is 11.4 Å². The van der Waals surface area contributed by atoms with Crippen molar-refractivity contribution >= 4 is 5.65 Å². The molecule has 0 aliphatic carbocycles. The summed E-state index contributed by atoms with van der Waals surface area (Å²) in [6.07, 6.45) is 4.80. The van der Waals surface area contributed by atoms with Crippen molar-refractivity contribution in [2.75, 3.05) is 13.1 Å². The molecule has 5 heteroatoms. The van der Waals surface area contributed by atoms with E-state index < -0.39 is 0 Å². The van der Waals surface area contributed by atoms with Crippen molar-refractivity contribution in [2.45, 2.75) is 32.7 Å². The molecule has 0 spiro atoms. The fourth-order valence-electron chi connectivity index (χ4n) is 3.61. The molecule has 3 aromatic rings. The second-order valence-electron chi connectivity index (χ2n) is 6.82. The van der Waals surface area contributed by atoms with Crippen molar-refractivity contribution in [2.24, 2.45) is 0 Å². The predicted molar refractivity (Wildman–Crippen MR) is 101 cm³/mol. The van der Waals surface area contributed by atoms with Crippen molar-refractivity contribution in [3.05, 3.63) is 70.0 Å². The second-order valence-corrected chi connectivity index (χ2v) is 6.82. The van der Waals surface area contributed by atoms with Crippen LogP contribution in [-0.2, 0) is 13.0 Å². The van der Waals surface area contributed by atoms with Gasteiger partial charge in [0.15, 0.2) is 0 Å². The Morgan fingerprint density at radius 3 is 2.69 bits per heavy atom. The van der Waals surface area contributed by atoms with Crippen molar-refractivity contribution in [3.63, 3.8) is 0 Å². The maximum absolute atomic E-state index is 13.2. The van der Waals surface area contributed by atoms with E-state index in [1.165, 1.54) is 12.1 Å². The Labute approximate surface area is 151 Å². The Bertz CT molecular complexity index is 995. The van der Waals surface area contributed by atoms with Crippen LogP contribution in [0.2, 0.25) is 0 Å². The van der Waals surface area contributed by atoms with Gasteiger partial charge in [0.2, 0.25) is 0 Å². The molecule has 0 saturated carbocycles. The summed E-state index contributed by atoms with van der Waals surface area (Å²) in [4.78, 5) is 20.2. The highest BCUT2D eigenvalue weighted by Crippen LogP contribution is 2.22. The van der Waals surface area contributed by atoms with Crippen molar-refractivity contribution in [1.82, 2.24) is 14.3 Å². The van der Waals surface area contributed by atoms with Gasteiger partial charge in [0.05, 0.1) is 11.3 Å². The van der Waals surface area contributed by atoms with Gasteiger partial charge in [0.1, 0.15) is 11.5 Å². The first-order chi connectivity index (χ1) is 12.7. The first-order valence-corrected chi connectivity index (χ1v) is 9.18. The highest BCUT2D eigenvalue weighted by molar-refractivity contribution is 5.67. The van der Waals surface area contributed by atoms with Crippen LogP contribution in [0.1, 0.15) is 31.0 Å². The van der Waals surface area contributed by atoms with Crippen molar-refractivity contribution < 1.29 is 4.39 Å². The van der Waals surface area contributed by atoms with Gasteiger partial charge in [-0.2, -0.15) is 0 Å². The zero-order valence-electron chi connectivity index (χ0n) is 14.9. The number of halogens is 1. The van der Waals surface area contributed by atoms with Crippen LogP contribution in [0.25, 0.3) is 16.8 Å². The highest BCUT2D eigenvalue weighted by atomic mass is 19.1. The Morgan fingerprint density at radius 2 is 1.92 bits per heavy atom. The third-order valence-electron chi connectivity index (χ3n) is 5.15. The molecular formula is C21H22FN3O. The summed E-state index contributed by atoms with van der Waals surface area (Å²) >= 11 is 0. The van der Waals surface area contributed by atoms with Gasteiger partial charge in [0.25, 0.3) is 5.56 Å². The first-order valence-electron chi connectivity index (χ1n) is 9.18. The van der Waals surface area contributed by atoms with Crippen LogP contribution in [0.5, 0.6) is 0 Å². The molecule has 0 atom stereocenters. The topological polar surface area (TPSA) is 37.6 Å². The van der Waals surface area contributed by atoms with Crippen molar-refractivity contribution in [1.29, 1.82) is 0 Å². The second kappa shape index (κ2) is 7.00. The van der Waals surface area contributed by atoms with Crippen molar-refractivity contribution in [3.8, 4) is 11.1 Å². The summed E-state index contributed by atoms with van der Waals surface area (Å²) in [6, 6.07) is 10.2. The van der Waals surface area contributed by atoms with E-state index in [1.807, 2.05) is 12.1 Å². The summed E-state index contributed by atoms with van der Waals surface area (Å²) < 4.78 is 14.8. The number of benzene rings is 1. The SMILES string of the molecule is CCN1CCCCc2nc3cc(-c4ccc(F)cc4)ccn3c(=O)c2C1. The number of hydrogen-bond donors (Lipinski definition) is 0. The molecule has 4 nitrogen and oxygen atoms in total. The van der Waals surface area contributed by atoms with Gasteiger partial charge < -0.3 is 0 Å². The monoisotopic (exact) mass is 351 g/mol. The lowest BCUT2D eigenvalue weighted by atomic mass is 10.0. The van der Waals surface area contributed by atoms with Crippen LogP contribution < -0.4 is 5.56 Å². The minimum absolute atomic E-state index is 0.0241. The first kappa shape index (κ1) is 16.9. The Balaban J connectivity index is 1.83. The predicted octanol–water partition coefficient (Wildman–Crippen LogP) is 3.66. The zero-order chi connectivity index (χ0) is 18.1. The van der Waals surface area contributed by atoms with Gasteiger partial charge >= 0.3 is 0 Å². The fraction of sp³-hybridized carbons (Fsp3) is 0.333. The van der Waals surface area contributed by atoms with E-state index in [0.717, 1.165) is 54.7 Å². The molecule has 4 rings (SSSR count). The van der Waals surface area contributed by atoms with E-state index >= 15 is 0 Å². The van der Waals surface area contributed by atoms with Crippen LogP contribution in [0.15, 0.2) is 47.4 Å². The summed E-state index contributed by atoms with van der Waals surface area (Å²) in [6.45, 7) is 4.76. The molecular weight excluding hydrogens is 329 g/mol. The maximum atomic E-state index is 13.2. The fourth-order valence-corrected chi connectivity index (χ4v) is 3.61. The number of pyridine rings is 1. The van der Waals surface area contributed by atoms with Gasteiger partial charge in [0, 0.05) is 12.7 Å². The number of rotatable bonds is 2. The molecule has 0 saturated heterocycles. The molecule has 1 aliphatic rings. The van der Waals surface area contributed by atoms with Crippen LogP contribution >= 0.6 is 0 Å². The molecule has 26 heavy (non-hydrogen) atoms. The maximum Gasteiger partial charge on any atom is 0.262 e. The molecule has 1 aliphatic heterocycles. The lowest BCUT2D eigenvalue weighted by Crippen LogP contribution is -2.32. The molecule has 0 unspecified atom stereocenters. The summed E-state index contributed by atoms with van der Waals surface area (Å²) in [5, 5.41) is 0. The number of aromatic nitrogens is 2. The molecule has 0 amide bonds. The molecule has 1 aromatic carbocycles. The average molecular weight is 351 g/mol. The number of nitrogens with zero attached hydrogens (tertiary/aromatic N) is 3. The number of hydrogen-bond acceptors (Lipinski definition) is 3. The Hall–Kier alpha value is -2.53. The quantitative estimate of drug-likeness (QED) is 0.707. The molecule has 0 N–H and O–H groups in total. The summed E-state index contributed by atoms with van der Waals surface area (Å²) in [5.41, 5.74) is 4.25. The standard InChI is InChI=1S/C21H22FN3O/c1-2-24-11-4-3-5-19-18(14-24)21(26)25-12-10-16(13-20(25)23-19)15-6-8-17(22)9-7-15/h6-10,12-13H,2-5,11,14H2,1H3. The summed E-state index contributed by atoms with van der Waals surface area (Å²) in [5.74, 6) is -0.259. The Kier molecular flexibility index (Phi) is 4.55. The largest absolute Gasteiger partial charge is 0.299 e. The van der Waals surface area contributed by atoms with Gasteiger partial charge in [-0.3, -0.25) is 14.1 Å². The number of aryl methyl sites for hydroxylation is 1. The third-order valence-corrected chi connectivity index (χ3v) is 5.15. The lowest BCUT2D eigenvalue weighted by molar-refractivity contribution is 0.265. The normalized spacial score (nSPS) is 15.5. The summed E-state index contributed by atoms with van der Waals surface area (Å²) in [7, 11) is 0. The van der Waals surface area contributed by atoms with Gasteiger partial charge in [-0.05, 0) is 67.7 Å². The van der Waals surface area contributed by atoms with E-state index in [2.05, 4.69) is 11.8 Å².